The summed E-state index contributed by atoms with van der Waals surface area (Å²) in [6.45, 7) is 1.39. The minimum absolute atomic E-state index is 0.0255. The van der Waals surface area contributed by atoms with E-state index in [1.54, 1.807) is 0 Å². The summed E-state index contributed by atoms with van der Waals surface area (Å²) < 4.78 is 0.0255. The lowest BCUT2D eigenvalue weighted by Crippen LogP contribution is -1.95. The molecule has 0 aromatic carbocycles. The van der Waals surface area contributed by atoms with Gasteiger partial charge in [-0.15, -0.1) is 12.6 Å². The number of halogens is 1. The van der Waals surface area contributed by atoms with E-state index in [-0.39, 0.29) is 9.94 Å². The predicted octanol–water partition coefficient (Wildman–Crippen LogP) is 1.47. The van der Waals surface area contributed by atoms with Crippen molar-refractivity contribution >= 4 is 30.2 Å². The van der Waals surface area contributed by atoms with Gasteiger partial charge in [-0.3, -0.25) is 0 Å². The normalized spacial score (nSPS) is 12.9. The Morgan fingerprint density at radius 1 is 1.75 bits per heavy atom. The van der Waals surface area contributed by atoms with Crippen LogP contribution < -0.4 is 0 Å². The van der Waals surface area contributed by atoms with Crippen molar-refractivity contribution in [1.82, 2.24) is 0 Å². The number of hydrogen-bond donors (Lipinski definition) is 2. The fourth-order valence-corrected chi connectivity index (χ4v) is 0.265. The third-order valence-electron chi connectivity index (χ3n) is 0.630. The number of aliphatic carboxylic acids is 1. The second kappa shape index (κ2) is 2.99. The highest BCUT2D eigenvalue weighted by Gasteiger charge is 2.01. The molecule has 4 heteroatoms. The standard InChI is InChI=1S/C4H5ClO2S/c1-2(3(5)8)4(6)7/h8H,1H3,(H,6,7). The van der Waals surface area contributed by atoms with Crippen molar-refractivity contribution in [1.29, 1.82) is 0 Å². The first-order chi connectivity index (χ1) is 3.55. The highest BCUT2D eigenvalue weighted by Crippen LogP contribution is 2.11. The van der Waals surface area contributed by atoms with Crippen molar-refractivity contribution in [3.8, 4) is 0 Å². The molecule has 0 fully saturated rings. The van der Waals surface area contributed by atoms with Crippen LogP contribution in [0.25, 0.3) is 0 Å². The first-order valence-electron chi connectivity index (χ1n) is 1.84. The maximum absolute atomic E-state index is 9.95. The lowest BCUT2D eigenvalue weighted by Gasteiger charge is -1.89. The molecule has 0 aliphatic heterocycles. The van der Waals surface area contributed by atoms with E-state index in [2.05, 4.69) is 12.6 Å². The SMILES string of the molecule is CC(C(=O)O)=C(S)Cl. The van der Waals surface area contributed by atoms with Gasteiger partial charge in [0.05, 0.1) is 9.94 Å². The largest absolute Gasteiger partial charge is 0.478 e. The van der Waals surface area contributed by atoms with E-state index >= 15 is 0 Å². The van der Waals surface area contributed by atoms with Crippen molar-refractivity contribution in [3.05, 3.63) is 9.94 Å². The molecule has 0 aliphatic rings. The molecule has 0 saturated heterocycles. The van der Waals surface area contributed by atoms with E-state index in [0.29, 0.717) is 0 Å². The zero-order valence-corrected chi connectivity index (χ0v) is 5.83. The van der Waals surface area contributed by atoms with Gasteiger partial charge in [-0.05, 0) is 6.92 Å². The molecule has 1 N–H and O–H groups in total. The van der Waals surface area contributed by atoms with Crippen LogP contribution in [0, 0.1) is 0 Å². The van der Waals surface area contributed by atoms with Crippen LogP contribution in [-0.4, -0.2) is 11.1 Å². The fourth-order valence-electron chi connectivity index (χ4n) is 0.0882. The zero-order valence-electron chi connectivity index (χ0n) is 4.18. The number of rotatable bonds is 1. The summed E-state index contributed by atoms with van der Waals surface area (Å²) in [7, 11) is 0. The summed E-state index contributed by atoms with van der Waals surface area (Å²) in [5, 5.41) is 8.16. The van der Waals surface area contributed by atoms with E-state index in [9.17, 15) is 4.79 Å². The molecule has 0 aromatic heterocycles. The molecular formula is C4H5ClO2S. The van der Waals surface area contributed by atoms with Gasteiger partial charge in [0.1, 0.15) is 0 Å². The number of thiol groups is 1. The van der Waals surface area contributed by atoms with Crippen molar-refractivity contribution in [3.63, 3.8) is 0 Å². The average molecular weight is 153 g/mol. The number of carbonyl (C=O) groups is 1. The Bertz CT molecular complexity index is 137. The third kappa shape index (κ3) is 2.23. The lowest BCUT2D eigenvalue weighted by molar-refractivity contribution is -0.132. The van der Waals surface area contributed by atoms with Gasteiger partial charge in [-0.25, -0.2) is 4.79 Å². The van der Waals surface area contributed by atoms with Crippen LogP contribution in [-0.2, 0) is 4.79 Å². The van der Waals surface area contributed by atoms with E-state index < -0.39 is 5.97 Å². The highest BCUT2D eigenvalue weighted by atomic mass is 35.5. The monoisotopic (exact) mass is 152 g/mol. The maximum Gasteiger partial charge on any atom is 0.333 e. The van der Waals surface area contributed by atoms with E-state index in [1.807, 2.05) is 0 Å². The smallest absolute Gasteiger partial charge is 0.333 e. The molecule has 2 nitrogen and oxygen atoms in total. The molecule has 0 unspecified atom stereocenters. The van der Waals surface area contributed by atoms with Gasteiger partial charge in [0.25, 0.3) is 0 Å². The van der Waals surface area contributed by atoms with Crippen molar-refractivity contribution in [2.24, 2.45) is 0 Å². The summed E-state index contributed by atoms with van der Waals surface area (Å²) in [5.74, 6) is -1.04. The van der Waals surface area contributed by atoms with Gasteiger partial charge in [-0.2, -0.15) is 0 Å². The second-order valence-corrected chi connectivity index (χ2v) is 2.31. The molecule has 0 spiro atoms. The zero-order chi connectivity index (χ0) is 6.73. The van der Waals surface area contributed by atoms with Crippen LogP contribution in [0.1, 0.15) is 6.92 Å². The summed E-state index contributed by atoms with van der Waals surface area (Å²) >= 11 is 8.78. The van der Waals surface area contributed by atoms with Gasteiger partial charge in [0.2, 0.25) is 0 Å². The fraction of sp³-hybridized carbons (Fsp3) is 0.250. The van der Waals surface area contributed by atoms with E-state index in [1.165, 1.54) is 6.92 Å². The number of carboxylic acids is 1. The molecular weight excluding hydrogens is 148 g/mol. The van der Waals surface area contributed by atoms with Crippen LogP contribution in [0.4, 0.5) is 0 Å². The molecule has 0 heterocycles. The van der Waals surface area contributed by atoms with Gasteiger partial charge < -0.3 is 5.11 Å². The molecule has 46 valence electrons. The van der Waals surface area contributed by atoms with Crippen LogP contribution >= 0.6 is 24.2 Å². The van der Waals surface area contributed by atoms with Crippen LogP contribution in [0.3, 0.4) is 0 Å². The Balaban J connectivity index is 4.23. The van der Waals surface area contributed by atoms with Gasteiger partial charge in [-0.1, -0.05) is 11.6 Å². The summed E-state index contributed by atoms with van der Waals surface area (Å²) in [6.07, 6.45) is 0. The van der Waals surface area contributed by atoms with E-state index in [0.717, 1.165) is 0 Å². The second-order valence-electron chi connectivity index (χ2n) is 1.22. The molecule has 0 atom stereocenters. The summed E-state index contributed by atoms with van der Waals surface area (Å²) in [5.41, 5.74) is 0.0648. The van der Waals surface area contributed by atoms with Gasteiger partial charge >= 0.3 is 5.97 Å². The van der Waals surface area contributed by atoms with Crippen molar-refractivity contribution < 1.29 is 9.90 Å². The molecule has 0 bridgehead atoms. The minimum Gasteiger partial charge on any atom is -0.478 e. The van der Waals surface area contributed by atoms with Crippen molar-refractivity contribution in [2.45, 2.75) is 6.92 Å². The molecule has 0 rings (SSSR count). The van der Waals surface area contributed by atoms with Crippen LogP contribution in [0.15, 0.2) is 9.94 Å². The summed E-state index contributed by atoms with van der Waals surface area (Å²) in [4.78, 5) is 9.95. The molecule has 0 aliphatic carbocycles. The Morgan fingerprint density at radius 2 is 2.12 bits per heavy atom. The Hall–Kier alpha value is -0.150. The number of hydrogen-bond acceptors (Lipinski definition) is 2. The Kier molecular flexibility index (Phi) is 2.94. The quantitative estimate of drug-likeness (QED) is 0.441. The maximum atomic E-state index is 9.95. The Morgan fingerprint density at radius 3 is 2.12 bits per heavy atom. The van der Waals surface area contributed by atoms with E-state index in [4.69, 9.17) is 16.7 Å². The van der Waals surface area contributed by atoms with Gasteiger partial charge in [0, 0.05) is 0 Å². The topological polar surface area (TPSA) is 37.3 Å². The molecule has 8 heavy (non-hydrogen) atoms. The highest BCUT2D eigenvalue weighted by molar-refractivity contribution is 7.86. The lowest BCUT2D eigenvalue weighted by atomic mass is 10.4. The van der Waals surface area contributed by atoms with Crippen LogP contribution in [0.2, 0.25) is 0 Å². The first-order valence-corrected chi connectivity index (χ1v) is 2.67. The first kappa shape index (κ1) is 7.85. The van der Waals surface area contributed by atoms with Crippen LogP contribution in [0.5, 0.6) is 0 Å². The molecule has 0 saturated carbocycles. The summed E-state index contributed by atoms with van der Waals surface area (Å²) in [6, 6.07) is 0. The predicted molar refractivity (Wildman–Crippen MR) is 35.2 cm³/mol. The number of carboxylic acid groups (broad SMARTS) is 1. The minimum atomic E-state index is -1.04. The molecule has 0 amide bonds. The third-order valence-corrected chi connectivity index (χ3v) is 1.25. The Labute approximate surface area is 57.6 Å². The van der Waals surface area contributed by atoms with Crippen molar-refractivity contribution in [2.75, 3.05) is 0 Å². The molecule has 0 radical (unpaired) electrons. The van der Waals surface area contributed by atoms with Gasteiger partial charge in [0.15, 0.2) is 0 Å². The average Bonchev–Trinajstić information content (AvgIpc) is 1.64. The molecule has 0 aromatic rings.